The number of nitrogens with one attached hydrogen (secondary N) is 1. The van der Waals surface area contributed by atoms with Crippen molar-refractivity contribution in [2.45, 2.75) is 25.6 Å². The Morgan fingerprint density at radius 3 is 2.65 bits per heavy atom. The van der Waals surface area contributed by atoms with Gasteiger partial charge in [0.15, 0.2) is 5.79 Å². The summed E-state index contributed by atoms with van der Waals surface area (Å²) in [7, 11) is 0. The maximum atomic E-state index is 12.9. The summed E-state index contributed by atoms with van der Waals surface area (Å²) >= 11 is 6.06. The van der Waals surface area contributed by atoms with Crippen molar-refractivity contribution in [3.8, 4) is 0 Å². The minimum Gasteiger partial charge on any atom is -0.350 e. The standard InChI is InChI=1S/C17H19ClN2O3/c1-11-13-10-12(18)2-3-14(13)19-15(11)16(21)20-6-4-17(5-7-20)22-8-9-23-17/h2-3,10,19H,4-9H2,1H3. The van der Waals surface area contributed by atoms with E-state index in [1.165, 1.54) is 0 Å². The van der Waals surface area contributed by atoms with Crippen LogP contribution in [0.4, 0.5) is 0 Å². The van der Waals surface area contributed by atoms with Gasteiger partial charge in [-0.2, -0.15) is 0 Å². The number of halogens is 1. The molecule has 4 rings (SSSR count). The molecule has 2 aliphatic rings. The first-order chi connectivity index (χ1) is 11.1. The quantitative estimate of drug-likeness (QED) is 0.871. The summed E-state index contributed by atoms with van der Waals surface area (Å²) in [6.45, 7) is 4.55. The zero-order valence-corrected chi connectivity index (χ0v) is 13.8. The van der Waals surface area contributed by atoms with Crippen LogP contribution < -0.4 is 0 Å². The molecule has 0 saturated carbocycles. The zero-order chi connectivity index (χ0) is 16.0. The zero-order valence-electron chi connectivity index (χ0n) is 13.0. The van der Waals surface area contributed by atoms with Crippen LogP contribution in [0.15, 0.2) is 18.2 Å². The van der Waals surface area contributed by atoms with Gasteiger partial charge in [-0.25, -0.2) is 0 Å². The van der Waals surface area contributed by atoms with E-state index < -0.39 is 5.79 Å². The Morgan fingerprint density at radius 1 is 1.26 bits per heavy atom. The van der Waals surface area contributed by atoms with Gasteiger partial charge >= 0.3 is 0 Å². The Labute approximate surface area is 139 Å². The second-order valence-corrected chi connectivity index (χ2v) is 6.65. The van der Waals surface area contributed by atoms with Gasteiger partial charge in [-0.1, -0.05) is 11.6 Å². The third kappa shape index (κ3) is 2.53. The molecule has 23 heavy (non-hydrogen) atoms. The summed E-state index contributed by atoms with van der Waals surface area (Å²) in [6.07, 6.45) is 1.45. The van der Waals surface area contributed by atoms with E-state index >= 15 is 0 Å². The molecular weight excluding hydrogens is 316 g/mol. The normalized spacial score (nSPS) is 20.5. The second kappa shape index (κ2) is 5.51. The van der Waals surface area contributed by atoms with Crippen LogP contribution >= 0.6 is 11.6 Å². The molecule has 0 unspecified atom stereocenters. The van der Waals surface area contributed by atoms with E-state index in [2.05, 4.69) is 4.98 Å². The fourth-order valence-corrected chi connectivity index (χ4v) is 3.68. The van der Waals surface area contributed by atoms with E-state index in [1.54, 1.807) is 0 Å². The maximum Gasteiger partial charge on any atom is 0.270 e. The monoisotopic (exact) mass is 334 g/mol. The summed E-state index contributed by atoms with van der Waals surface area (Å²) < 4.78 is 11.4. The number of fused-ring (bicyclic) bond motifs is 1. The molecule has 122 valence electrons. The average Bonchev–Trinajstić information content (AvgIpc) is 3.13. The Bertz CT molecular complexity index is 755. The van der Waals surface area contributed by atoms with Crippen molar-refractivity contribution in [2.75, 3.05) is 26.3 Å². The second-order valence-electron chi connectivity index (χ2n) is 6.21. The molecule has 5 nitrogen and oxygen atoms in total. The van der Waals surface area contributed by atoms with E-state index in [0.717, 1.165) is 29.3 Å². The lowest BCUT2D eigenvalue weighted by molar-refractivity contribution is -0.181. The van der Waals surface area contributed by atoms with Gasteiger partial charge in [-0.05, 0) is 30.7 Å². The van der Waals surface area contributed by atoms with Crippen molar-refractivity contribution in [1.29, 1.82) is 0 Å². The Morgan fingerprint density at radius 2 is 1.96 bits per heavy atom. The minimum absolute atomic E-state index is 0.0302. The molecule has 0 bridgehead atoms. The Kier molecular flexibility index (Phi) is 3.59. The summed E-state index contributed by atoms with van der Waals surface area (Å²) in [5.74, 6) is -0.428. The van der Waals surface area contributed by atoms with Gasteiger partial charge in [0.1, 0.15) is 5.69 Å². The number of hydrogen-bond donors (Lipinski definition) is 1. The summed E-state index contributed by atoms with van der Waals surface area (Å²) in [6, 6.07) is 5.63. The van der Waals surface area contributed by atoms with E-state index in [9.17, 15) is 4.79 Å². The first-order valence-corrected chi connectivity index (χ1v) is 8.31. The van der Waals surface area contributed by atoms with Crippen molar-refractivity contribution in [3.63, 3.8) is 0 Å². The molecule has 1 spiro atoms. The van der Waals surface area contributed by atoms with Crippen molar-refractivity contribution < 1.29 is 14.3 Å². The highest BCUT2D eigenvalue weighted by Crippen LogP contribution is 2.32. The van der Waals surface area contributed by atoms with Crippen LogP contribution in [0.2, 0.25) is 5.02 Å². The van der Waals surface area contributed by atoms with Crippen molar-refractivity contribution in [3.05, 3.63) is 34.5 Å². The molecule has 1 N–H and O–H groups in total. The number of piperidine rings is 1. The fourth-order valence-electron chi connectivity index (χ4n) is 3.51. The summed E-state index contributed by atoms with van der Waals surface area (Å²) in [5.41, 5.74) is 2.53. The lowest BCUT2D eigenvalue weighted by Gasteiger charge is -2.37. The number of ether oxygens (including phenoxy) is 2. The highest BCUT2D eigenvalue weighted by atomic mass is 35.5. The van der Waals surface area contributed by atoms with Crippen molar-refractivity contribution in [2.24, 2.45) is 0 Å². The van der Waals surface area contributed by atoms with Gasteiger partial charge in [-0.3, -0.25) is 4.79 Å². The third-order valence-electron chi connectivity index (χ3n) is 4.86. The number of aryl methyl sites for hydroxylation is 1. The molecule has 0 aliphatic carbocycles. The van der Waals surface area contributed by atoms with Crippen LogP contribution in [0.5, 0.6) is 0 Å². The predicted octanol–water partition coefficient (Wildman–Crippen LogP) is 3.11. The SMILES string of the molecule is Cc1c(C(=O)N2CCC3(CC2)OCCO3)[nH]c2ccc(Cl)cc12. The van der Waals surface area contributed by atoms with Crippen LogP contribution in [0.3, 0.4) is 0 Å². The number of benzene rings is 1. The van der Waals surface area contributed by atoms with Gasteiger partial charge < -0.3 is 19.4 Å². The van der Waals surface area contributed by atoms with Gasteiger partial charge in [0.2, 0.25) is 0 Å². The number of likely N-dealkylation sites (tertiary alicyclic amines) is 1. The number of H-pyrrole nitrogens is 1. The smallest absolute Gasteiger partial charge is 0.270 e. The van der Waals surface area contributed by atoms with Gasteiger partial charge in [0.25, 0.3) is 5.91 Å². The van der Waals surface area contributed by atoms with Crippen LogP contribution in [0, 0.1) is 6.92 Å². The molecule has 2 fully saturated rings. The third-order valence-corrected chi connectivity index (χ3v) is 5.10. The first-order valence-electron chi connectivity index (χ1n) is 7.93. The topological polar surface area (TPSA) is 54.6 Å². The lowest BCUT2D eigenvalue weighted by atomic mass is 10.0. The largest absolute Gasteiger partial charge is 0.350 e. The van der Waals surface area contributed by atoms with Crippen LogP contribution in [-0.2, 0) is 9.47 Å². The number of aromatic nitrogens is 1. The van der Waals surface area contributed by atoms with E-state index in [1.807, 2.05) is 30.0 Å². The highest BCUT2D eigenvalue weighted by Gasteiger charge is 2.41. The predicted molar refractivity (Wildman–Crippen MR) is 87.8 cm³/mol. The minimum atomic E-state index is -0.459. The van der Waals surface area contributed by atoms with E-state index in [-0.39, 0.29) is 5.91 Å². The molecule has 0 atom stereocenters. The number of hydrogen-bond acceptors (Lipinski definition) is 3. The van der Waals surface area contributed by atoms with Gasteiger partial charge in [-0.15, -0.1) is 0 Å². The molecule has 1 aromatic heterocycles. The highest BCUT2D eigenvalue weighted by molar-refractivity contribution is 6.31. The molecule has 2 saturated heterocycles. The van der Waals surface area contributed by atoms with Crippen LogP contribution in [-0.4, -0.2) is 47.9 Å². The number of amides is 1. The van der Waals surface area contributed by atoms with Gasteiger partial charge in [0, 0.05) is 41.9 Å². The van der Waals surface area contributed by atoms with E-state index in [0.29, 0.717) is 37.0 Å². The number of rotatable bonds is 1. The molecule has 1 amide bonds. The number of carbonyl (C=O) groups is 1. The molecule has 6 heteroatoms. The lowest BCUT2D eigenvalue weighted by Crippen LogP contribution is -2.47. The Hall–Kier alpha value is -1.56. The number of aromatic amines is 1. The van der Waals surface area contributed by atoms with Crippen molar-refractivity contribution in [1.82, 2.24) is 9.88 Å². The fraction of sp³-hybridized carbons (Fsp3) is 0.471. The van der Waals surface area contributed by atoms with Crippen molar-refractivity contribution >= 4 is 28.4 Å². The molecule has 1 aromatic carbocycles. The molecule has 2 aliphatic heterocycles. The van der Waals surface area contributed by atoms with Gasteiger partial charge in [0.05, 0.1) is 13.2 Å². The maximum absolute atomic E-state index is 12.9. The van der Waals surface area contributed by atoms with Crippen LogP contribution in [0.1, 0.15) is 28.9 Å². The molecule has 3 heterocycles. The van der Waals surface area contributed by atoms with Crippen LogP contribution in [0.25, 0.3) is 10.9 Å². The Balaban J connectivity index is 1.56. The number of nitrogens with zero attached hydrogens (tertiary/aromatic N) is 1. The number of carbonyl (C=O) groups excluding carboxylic acids is 1. The summed E-state index contributed by atoms with van der Waals surface area (Å²) in [5, 5.41) is 1.67. The molecule has 0 radical (unpaired) electrons. The first kappa shape index (κ1) is 15.0. The molecule has 2 aromatic rings. The summed E-state index contributed by atoms with van der Waals surface area (Å²) in [4.78, 5) is 18.0. The average molecular weight is 335 g/mol. The van der Waals surface area contributed by atoms with E-state index in [4.69, 9.17) is 21.1 Å². The molecular formula is C17H19ClN2O3.